The maximum Gasteiger partial charge on any atom is 0.309 e. The number of esters is 1. The Morgan fingerprint density at radius 3 is 2.35 bits per heavy atom. The summed E-state index contributed by atoms with van der Waals surface area (Å²) in [5, 5.41) is 2.88. The van der Waals surface area contributed by atoms with Crippen molar-refractivity contribution in [2.45, 2.75) is 33.1 Å². The van der Waals surface area contributed by atoms with Gasteiger partial charge in [-0.2, -0.15) is 0 Å². The van der Waals surface area contributed by atoms with E-state index >= 15 is 0 Å². The summed E-state index contributed by atoms with van der Waals surface area (Å²) in [6.07, 6.45) is 1.09. The van der Waals surface area contributed by atoms with Crippen molar-refractivity contribution in [1.82, 2.24) is 4.90 Å². The molecular weight excluding hydrogens is 292 g/mol. The van der Waals surface area contributed by atoms with Crippen LogP contribution in [-0.4, -0.2) is 44.0 Å². The smallest absolute Gasteiger partial charge is 0.309 e. The number of amides is 1. The number of hydrogen-bond acceptors (Lipinski definition) is 4. The van der Waals surface area contributed by atoms with E-state index in [1.807, 2.05) is 36.2 Å². The zero-order chi connectivity index (χ0) is 17.4. The highest BCUT2D eigenvalue weighted by molar-refractivity contribution is 5.92. The van der Waals surface area contributed by atoms with Crippen LogP contribution < -0.4 is 5.32 Å². The predicted octanol–water partition coefficient (Wildman–Crippen LogP) is 2.88. The van der Waals surface area contributed by atoms with Gasteiger partial charge in [0.15, 0.2) is 0 Å². The van der Waals surface area contributed by atoms with Crippen LogP contribution in [0.15, 0.2) is 24.3 Å². The third-order valence-electron chi connectivity index (χ3n) is 3.98. The van der Waals surface area contributed by atoms with Crippen molar-refractivity contribution in [1.29, 1.82) is 0 Å². The fourth-order valence-electron chi connectivity index (χ4n) is 2.38. The van der Waals surface area contributed by atoms with Crippen LogP contribution in [0.25, 0.3) is 0 Å². The summed E-state index contributed by atoms with van der Waals surface area (Å²) >= 11 is 0. The zero-order valence-electron chi connectivity index (χ0n) is 14.8. The lowest BCUT2D eigenvalue weighted by molar-refractivity contribution is -0.145. The van der Waals surface area contributed by atoms with Crippen LogP contribution in [0.5, 0.6) is 0 Å². The van der Waals surface area contributed by atoms with Gasteiger partial charge in [-0.25, -0.2) is 0 Å². The van der Waals surface area contributed by atoms with Crippen molar-refractivity contribution < 1.29 is 14.3 Å². The number of nitrogens with zero attached hydrogens (tertiary/aromatic N) is 1. The van der Waals surface area contributed by atoms with Gasteiger partial charge in [0, 0.05) is 12.2 Å². The van der Waals surface area contributed by atoms with E-state index in [-0.39, 0.29) is 24.3 Å². The Labute approximate surface area is 139 Å². The highest BCUT2D eigenvalue weighted by Crippen LogP contribution is 2.20. The topological polar surface area (TPSA) is 58.6 Å². The predicted molar refractivity (Wildman–Crippen MR) is 92.5 cm³/mol. The fraction of sp³-hybridized carbons (Fsp3) is 0.556. The molecule has 0 spiro atoms. The van der Waals surface area contributed by atoms with Crippen LogP contribution >= 0.6 is 0 Å². The lowest BCUT2D eigenvalue weighted by atomic mass is 9.99. The highest BCUT2D eigenvalue weighted by atomic mass is 16.5. The minimum absolute atomic E-state index is 0.0964. The Balaban J connectivity index is 2.48. The van der Waals surface area contributed by atoms with Crippen LogP contribution in [0.3, 0.4) is 0 Å². The van der Waals surface area contributed by atoms with E-state index in [1.54, 1.807) is 6.92 Å². The lowest BCUT2D eigenvalue weighted by Gasteiger charge is -2.19. The Kier molecular flexibility index (Phi) is 7.75. The monoisotopic (exact) mass is 320 g/mol. The van der Waals surface area contributed by atoms with Crippen molar-refractivity contribution in [3.05, 3.63) is 29.8 Å². The first-order chi connectivity index (χ1) is 10.9. The molecule has 5 nitrogen and oxygen atoms in total. The van der Waals surface area contributed by atoms with Gasteiger partial charge in [-0.1, -0.05) is 32.9 Å². The molecule has 0 heterocycles. The molecule has 1 amide bonds. The highest BCUT2D eigenvalue weighted by Gasteiger charge is 2.17. The molecular formula is C18H28N2O3. The summed E-state index contributed by atoms with van der Waals surface area (Å²) in [5.41, 5.74) is 2.06. The summed E-state index contributed by atoms with van der Waals surface area (Å²) in [5.74, 6) is -0.0999. The van der Waals surface area contributed by atoms with Crippen LogP contribution in [0.4, 0.5) is 5.69 Å². The van der Waals surface area contributed by atoms with Crippen molar-refractivity contribution in [2.75, 3.05) is 32.6 Å². The molecule has 0 aliphatic carbocycles. The average molecular weight is 320 g/mol. The second-order valence-corrected chi connectivity index (χ2v) is 6.10. The molecule has 2 unspecified atom stereocenters. The average Bonchev–Trinajstić information content (AvgIpc) is 2.53. The molecule has 1 aromatic rings. The summed E-state index contributed by atoms with van der Waals surface area (Å²) < 4.78 is 4.69. The standard InChI is InChI=1S/C18H28N2O3/c1-6-13(2)15-7-9-16(10-8-15)19-17(21)12-20(4)11-14(3)18(22)23-5/h7-10,13-14H,6,11-12H2,1-5H3,(H,19,21). The molecule has 0 aromatic heterocycles. The quantitative estimate of drug-likeness (QED) is 0.748. The van der Waals surface area contributed by atoms with Gasteiger partial charge in [-0.05, 0) is 37.1 Å². The fourth-order valence-corrected chi connectivity index (χ4v) is 2.38. The Bertz CT molecular complexity index is 514. The Morgan fingerprint density at radius 1 is 1.22 bits per heavy atom. The van der Waals surface area contributed by atoms with Crippen molar-refractivity contribution in [3.63, 3.8) is 0 Å². The molecule has 0 aliphatic heterocycles. The zero-order valence-corrected chi connectivity index (χ0v) is 14.8. The van der Waals surface area contributed by atoms with Gasteiger partial charge in [0.2, 0.25) is 5.91 Å². The van der Waals surface area contributed by atoms with E-state index in [1.165, 1.54) is 12.7 Å². The maximum absolute atomic E-state index is 12.0. The second kappa shape index (κ2) is 9.30. The first kappa shape index (κ1) is 19.2. The number of ether oxygens (including phenoxy) is 1. The number of likely N-dealkylation sites (N-methyl/N-ethyl adjacent to an activating group) is 1. The number of nitrogens with one attached hydrogen (secondary N) is 1. The molecule has 0 radical (unpaired) electrons. The first-order valence-electron chi connectivity index (χ1n) is 8.03. The van der Waals surface area contributed by atoms with Gasteiger partial charge in [0.1, 0.15) is 0 Å². The SMILES string of the molecule is CCC(C)c1ccc(NC(=O)CN(C)CC(C)C(=O)OC)cc1. The van der Waals surface area contributed by atoms with Gasteiger partial charge in [-0.15, -0.1) is 0 Å². The molecule has 0 fully saturated rings. The van der Waals surface area contributed by atoms with Crippen LogP contribution in [0, 0.1) is 5.92 Å². The number of carbonyl (C=O) groups is 2. The second-order valence-electron chi connectivity index (χ2n) is 6.10. The number of methoxy groups -OCH3 is 1. The van der Waals surface area contributed by atoms with Gasteiger partial charge in [0.25, 0.3) is 0 Å². The lowest BCUT2D eigenvalue weighted by Crippen LogP contribution is -2.35. The molecule has 2 atom stereocenters. The Hall–Kier alpha value is -1.88. The summed E-state index contributed by atoms with van der Waals surface area (Å²) in [4.78, 5) is 25.2. The minimum atomic E-state index is -0.266. The van der Waals surface area contributed by atoms with Gasteiger partial charge in [0.05, 0.1) is 19.6 Å². The molecule has 1 aromatic carbocycles. The van der Waals surface area contributed by atoms with E-state index in [4.69, 9.17) is 0 Å². The molecule has 23 heavy (non-hydrogen) atoms. The van der Waals surface area contributed by atoms with Crippen molar-refractivity contribution >= 4 is 17.6 Å². The van der Waals surface area contributed by atoms with E-state index in [9.17, 15) is 9.59 Å². The number of hydrogen-bond donors (Lipinski definition) is 1. The van der Waals surface area contributed by atoms with E-state index in [0.29, 0.717) is 12.5 Å². The summed E-state index contributed by atoms with van der Waals surface area (Å²) in [6.45, 7) is 6.84. The van der Waals surface area contributed by atoms with Gasteiger partial charge in [-0.3, -0.25) is 14.5 Å². The third-order valence-corrected chi connectivity index (χ3v) is 3.98. The molecule has 0 aliphatic rings. The molecule has 0 saturated carbocycles. The van der Waals surface area contributed by atoms with E-state index in [0.717, 1.165) is 12.1 Å². The third kappa shape index (κ3) is 6.40. The largest absolute Gasteiger partial charge is 0.469 e. The Morgan fingerprint density at radius 2 is 1.83 bits per heavy atom. The number of benzene rings is 1. The molecule has 128 valence electrons. The molecule has 5 heteroatoms. The van der Waals surface area contributed by atoms with E-state index in [2.05, 4.69) is 23.9 Å². The minimum Gasteiger partial charge on any atom is -0.469 e. The first-order valence-corrected chi connectivity index (χ1v) is 8.03. The van der Waals surface area contributed by atoms with Crippen LogP contribution in [0.2, 0.25) is 0 Å². The maximum atomic E-state index is 12.0. The molecule has 1 N–H and O–H groups in total. The number of carbonyl (C=O) groups excluding carboxylic acids is 2. The molecule has 0 bridgehead atoms. The normalized spacial score (nSPS) is 13.5. The molecule has 0 saturated heterocycles. The number of rotatable bonds is 8. The number of anilines is 1. The molecule has 1 rings (SSSR count). The van der Waals surface area contributed by atoms with Crippen molar-refractivity contribution in [3.8, 4) is 0 Å². The van der Waals surface area contributed by atoms with Crippen LogP contribution in [-0.2, 0) is 14.3 Å². The van der Waals surface area contributed by atoms with Crippen LogP contribution in [0.1, 0.15) is 38.7 Å². The van der Waals surface area contributed by atoms with E-state index < -0.39 is 0 Å². The summed E-state index contributed by atoms with van der Waals surface area (Å²) in [7, 11) is 3.18. The van der Waals surface area contributed by atoms with Gasteiger partial charge < -0.3 is 10.1 Å². The van der Waals surface area contributed by atoms with Crippen molar-refractivity contribution in [2.24, 2.45) is 5.92 Å². The summed E-state index contributed by atoms with van der Waals surface area (Å²) in [6, 6.07) is 7.95. The van der Waals surface area contributed by atoms with Gasteiger partial charge >= 0.3 is 5.97 Å².